The molecule has 2 amide bonds. The minimum absolute atomic E-state index is 0.0129. The highest BCUT2D eigenvalue weighted by Gasteiger charge is 2.41. The molecule has 74 valence electrons. The van der Waals surface area contributed by atoms with E-state index in [0.717, 1.165) is 0 Å². The topological polar surface area (TPSA) is 55.4 Å². The van der Waals surface area contributed by atoms with Crippen LogP contribution in [0.15, 0.2) is 0 Å². The summed E-state index contributed by atoms with van der Waals surface area (Å²) in [5, 5.41) is 2.12. The molecule has 4 nitrogen and oxygen atoms in total. The summed E-state index contributed by atoms with van der Waals surface area (Å²) in [6, 6.07) is 0. The Kier molecular flexibility index (Phi) is 2.32. The number of cyclic esters (lactones) is 1. The maximum Gasteiger partial charge on any atom is 0.414 e. The van der Waals surface area contributed by atoms with Crippen LogP contribution in [0, 0.1) is 11.3 Å². The number of alkyl carbamates (subject to hydrolysis) is 1. The van der Waals surface area contributed by atoms with Gasteiger partial charge in [-0.1, -0.05) is 27.7 Å². The molecule has 0 radical (unpaired) electrons. The second-order valence-electron chi connectivity index (χ2n) is 4.47. The second kappa shape index (κ2) is 3.01. The second-order valence-corrected chi connectivity index (χ2v) is 4.47. The van der Waals surface area contributed by atoms with Crippen LogP contribution >= 0.6 is 0 Å². The van der Waals surface area contributed by atoms with Crippen LogP contribution in [0.5, 0.6) is 0 Å². The molecule has 0 saturated carbocycles. The van der Waals surface area contributed by atoms with Crippen molar-refractivity contribution in [3.63, 3.8) is 0 Å². The number of carbonyl (C=O) groups excluding carboxylic acids is 2. The lowest BCUT2D eigenvalue weighted by molar-refractivity contribution is -0.127. The zero-order valence-electron chi connectivity index (χ0n) is 8.38. The summed E-state index contributed by atoms with van der Waals surface area (Å²) in [6.07, 6.45) is -1.27. The van der Waals surface area contributed by atoms with Gasteiger partial charge in [0.1, 0.15) is 0 Å². The Hall–Kier alpha value is -1.06. The number of ether oxygens (including phenoxy) is 1. The Balaban J connectivity index is 2.73. The van der Waals surface area contributed by atoms with Crippen molar-refractivity contribution in [2.45, 2.75) is 33.8 Å². The molecular weight excluding hydrogens is 170 g/mol. The third kappa shape index (κ3) is 1.99. The Labute approximate surface area is 77.6 Å². The zero-order valence-corrected chi connectivity index (χ0v) is 8.38. The van der Waals surface area contributed by atoms with Crippen LogP contribution in [-0.2, 0) is 9.53 Å². The number of imide groups is 1. The van der Waals surface area contributed by atoms with Crippen molar-refractivity contribution >= 4 is 12.0 Å². The van der Waals surface area contributed by atoms with Crippen molar-refractivity contribution in [1.29, 1.82) is 0 Å². The standard InChI is InChI=1S/C9H15NO3/c1-5(9(2,3)4)6-7(11)10-8(12)13-6/h5-6H,1-4H3,(H,10,11,12). The third-order valence-electron chi connectivity index (χ3n) is 2.54. The fraction of sp³-hybridized carbons (Fsp3) is 0.778. The first-order valence-electron chi connectivity index (χ1n) is 4.34. The normalized spacial score (nSPS) is 25.4. The zero-order chi connectivity index (χ0) is 10.2. The first-order chi connectivity index (χ1) is 5.82. The van der Waals surface area contributed by atoms with Crippen molar-refractivity contribution in [3.05, 3.63) is 0 Å². The molecule has 1 aliphatic heterocycles. The first kappa shape index (κ1) is 10.0. The summed E-state index contributed by atoms with van der Waals surface area (Å²) < 4.78 is 4.86. The summed E-state index contributed by atoms with van der Waals surface area (Å²) in [6.45, 7) is 7.94. The van der Waals surface area contributed by atoms with E-state index in [1.54, 1.807) is 0 Å². The van der Waals surface area contributed by atoms with Crippen molar-refractivity contribution in [2.24, 2.45) is 11.3 Å². The molecular formula is C9H15NO3. The van der Waals surface area contributed by atoms with Gasteiger partial charge in [0.15, 0.2) is 6.10 Å². The summed E-state index contributed by atoms with van der Waals surface area (Å²) in [4.78, 5) is 22.0. The van der Waals surface area contributed by atoms with Crippen LogP contribution in [0.3, 0.4) is 0 Å². The highest BCUT2D eigenvalue weighted by atomic mass is 16.6. The van der Waals surface area contributed by atoms with Crippen molar-refractivity contribution in [3.8, 4) is 0 Å². The Morgan fingerprint density at radius 3 is 2.23 bits per heavy atom. The molecule has 1 N–H and O–H groups in total. The quantitative estimate of drug-likeness (QED) is 0.670. The maximum absolute atomic E-state index is 11.2. The molecule has 0 bridgehead atoms. The summed E-state index contributed by atoms with van der Waals surface area (Å²) >= 11 is 0. The third-order valence-corrected chi connectivity index (χ3v) is 2.54. The largest absolute Gasteiger partial charge is 0.435 e. The molecule has 13 heavy (non-hydrogen) atoms. The van der Waals surface area contributed by atoms with Gasteiger partial charge < -0.3 is 4.74 Å². The molecule has 1 rings (SSSR count). The van der Waals surface area contributed by atoms with Gasteiger partial charge in [0, 0.05) is 5.92 Å². The van der Waals surface area contributed by atoms with E-state index in [4.69, 9.17) is 4.74 Å². The van der Waals surface area contributed by atoms with Gasteiger partial charge in [-0.2, -0.15) is 0 Å². The van der Waals surface area contributed by atoms with Gasteiger partial charge in [-0.25, -0.2) is 4.79 Å². The molecule has 0 aromatic rings. The van der Waals surface area contributed by atoms with E-state index < -0.39 is 12.2 Å². The Morgan fingerprint density at radius 2 is 1.92 bits per heavy atom. The smallest absolute Gasteiger partial charge is 0.414 e. The Bertz CT molecular complexity index is 242. The van der Waals surface area contributed by atoms with E-state index in [2.05, 4.69) is 5.32 Å². The van der Waals surface area contributed by atoms with Crippen molar-refractivity contribution < 1.29 is 14.3 Å². The minimum atomic E-state index is -0.633. The number of carbonyl (C=O) groups is 2. The van der Waals surface area contributed by atoms with Gasteiger partial charge in [0.05, 0.1) is 0 Å². The van der Waals surface area contributed by atoms with Gasteiger partial charge in [0.25, 0.3) is 5.91 Å². The number of rotatable bonds is 1. The van der Waals surface area contributed by atoms with E-state index in [9.17, 15) is 9.59 Å². The van der Waals surface area contributed by atoms with Crippen LogP contribution in [0.1, 0.15) is 27.7 Å². The molecule has 0 aliphatic carbocycles. The molecule has 4 heteroatoms. The fourth-order valence-corrected chi connectivity index (χ4v) is 1.15. The number of nitrogens with one attached hydrogen (secondary N) is 1. The van der Waals surface area contributed by atoms with Crippen LogP contribution in [0.25, 0.3) is 0 Å². The van der Waals surface area contributed by atoms with Gasteiger partial charge >= 0.3 is 6.09 Å². The first-order valence-corrected chi connectivity index (χ1v) is 4.34. The lowest BCUT2D eigenvalue weighted by atomic mass is 9.78. The molecule has 1 fully saturated rings. The van der Waals surface area contributed by atoms with Crippen molar-refractivity contribution in [1.82, 2.24) is 5.32 Å². The molecule has 0 aromatic heterocycles. The van der Waals surface area contributed by atoms with Gasteiger partial charge in [-0.05, 0) is 5.41 Å². The molecule has 2 unspecified atom stereocenters. The van der Waals surface area contributed by atoms with Crippen LogP contribution in [0.2, 0.25) is 0 Å². The highest BCUT2D eigenvalue weighted by molar-refractivity contribution is 6.00. The van der Waals surface area contributed by atoms with E-state index in [1.165, 1.54) is 0 Å². The van der Waals surface area contributed by atoms with Gasteiger partial charge in [0.2, 0.25) is 0 Å². The maximum atomic E-state index is 11.2. The lowest BCUT2D eigenvalue weighted by Crippen LogP contribution is -2.36. The predicted octanol–water partition coefficient (Wildman–Crippen LogP) is 1.30. The molecule has 1 saturated heterocycles. The van der Waals surface area contributed by atoms with Gasteiger partial charge in [-0.3, -0.25) is 10.1 Å². The molecule has 2 atom stereocenters. The Morgan fingerprint density at radius 1 is 1.38 bits per heavy atom. The summed E-state index contributed by atoms with van der Waals surface area (Å²) in [5.41, 5.74) is -0.0490. The van der Waals surface area contributed by atoms with E-state index in [1.807, 2.05) is 27.7 Å². The average molecular weight is 185 g/mol. The van der Waals surface area contributed by atoms with Crippen LogP contribution < -0.4 is 5.32 Å². The average Bonchev–Trinajstić information content (AvgIpc) is 2.26. The molecule has 1 aliphatic rings. The summed E-state index contributed by atoms with van der Waals surface area (Å²) in [5.74, 6) is -0.314. The lowest BCUT2D eigenvalue weighted by Gasteiger charge is -2.29. The molecule has 1 heterocycles. The van der Waals surface area contributed by atoms with Crippen LogP contribution in [-0.4, -0.2) is 18.1 Å². The van der Waals surface area contributed by atoms with Crippen molar-refractivity contribution in [2.75, 3.05) is 0 Å². The van der Waals surface area contributed by atoms with E-state index >= 15 is 0 Å². The highest BCUT2D eigenvalue weighted by Crippen LogP contribution is 2.31. The fourth-order valence-electron chi connectivity index (χ4n) is 1.15. The van der Waals surface area contributed by atoms with E-state index in [-0.39, 0.29) is 17.2 Å². The number of hydrogen-bond donors (Lipinski definition) is 1. The van der Waals surface area contributed by atoms with E-state index in [0.29, 0.717) is 0 Å². The monoisotopic (exact) mass is 185 g/mol. The molecule has 0 aromatic carbocycles. The number of amides is 2. The predicted molar refractivity (Wildman–Crippen MR) is 47.0 cm³/mol. The summed E-state index contributed by atoms with van der Waals surface area (Å²) in [7, 11) is 0. The van der Waals surface area contributed by atoms with Gasteiger partial charge in [-0.15, -0.1) is 0 Å². The SMILES string of the molecule is CC(C1OC(=O)NC1=O)C(C)(C)C. The minimum Gasteiger partial charge on any atom is -0.435 e. The number of hydrogen-bond acceptors (Lipinski definition) is 3. The molecule has 0 spiro atoms. The van der Waals surface area contributed by atoms with Crippen LogP contribution in [0.4, 0.5) is 4.79 Å².